The Labute approximate surface area is 152 Å². The number of anilines is 1. The summed E-state index contributed by atoms with van der Waals surface area (Å²) in [6.45, 7) is 4.30. The van der Waals surface area contributed by atoms with Crippen molar-refractivity contribution >= 4 is 11.7 Å². The molecule has 0 unspecified atom stereocenters. The Morgan fingerprint density at radius 3 is 2.92 bits per heavy atom. The number of aromatic nitrogens is 2. The number of piperidine rings is 1. The van der Waals surface area contributed by atoms with Crippen molar-refractivity contribution in [2.24, 2.45) is 0 Å². The van der Waals surface area contributed by atoms with Crippen molar-refractivity contribution in [2.75, 3.05) is 24.5 Å². The number of nitrogens with one attached hydrogen (secondary N) is 1. The summed E-state index contributed by atoms with van der Waals surface area (Å²) in [4.78, 5) is 23.7. The van der Waals surface area contributed by atoms with Gasteiger partial charge in [0, 0.05) is 30.3 Å². The quantitative estimate of drug-likeness (QED) is 0.917. The Morgan fingerprint density at radius 2 is 2.15 bits per heavy atom. The summed E-state index contributed by atoms with van der Waals surface area (Å²) >= 11 is 0. The molecule has 26 heavy (non-hydrogen) atoms. The minimum absolute atomic E-state index is 0.0210. The Hall–Kier alpha value is -2.34. The Balaban J connectivity index is 1.59. The highest BCUT2D eigenvalue weighted by molar-refractivity contribution is 6.00. The standard InChI is InChI=1S/C20H23FN4O/c1-13-16-11-18(26)25(10-8-14-5-2-3-7-17(14)21)20(16)24-19(23-13)15-6-4-9-22-12-15/h2-3,5,7,15,22H,4,6,8-12H2,1H3/t15-/m0/s1. The first kappa shape index (κ1) is 17.1. The fourth-order valence-electron chi connectivity index (χ4n) is 3.82. The number of aryl methyl sites for hydroxylation is 1. The third-order valence-electron chi connectivity index (χ3n) is 5.32. The van der Waals surface area contributed by atoms with Crippen molar-refractivity contribution in [2.45, 2.75) is 38.5 Å². The van der Waals surface area contributed by atoms with E-state index in [0.717, 1.165) is 48.8 Å². The molecule has 1 fully saturated rings. The highest BCUT2D eigenvalue weighted by Crippen LogP contribution is 2.31. The fourth-order valence-corrected chi connectivity index (χ4v) is 3.82. The van der Waals surface area contributed by atoms with Crippen LogP contribution in [0, 0.1) is 12.7 Å². The van der Waals surface area contributed by atoms with E-state index in [1.54, 1.807) is 17.0 Å². The molecule has 6 heteroatoms. The zero-order valence-corrected chi connectivity index (χ0v) is 15.0. The van der Waals surface area contributed by atoms with Gasteiger partial charge in [-0.25, -0.2) is 14.4 Å². The summed E-state index contributed by atoms with van der Waals surface area (Å²) in [7, 11) is 0. The van der Waals surface area contributed by atoms with Crippen molar-refractivity contribution in [3.8, 4) is 0 Å². The summed E-state index contributed by atoms with van der Waals surface area (Å²) in [5.74, 6) is 1.62. The SMILES string of the molecule is Cc1nc([C@H]2CCCNC2)nc2c1CC(=O)N2CCc1ccccc1F. The summed E-state index contributed by atoms with van der Waals surface area (Å²) < 4.78 is 13.9. The largest absolute Gasteiger partial charge is 0.316 e. The zero-order valence-electron chi connectivity index (χ0n) is 15.0. The van der Waals surface area contributed by atoms with Crippen LogP contribution in [0.1, 0.15) is 41.4 Å². The highest BCUT2D eigenvalue weighted by atomic mass is 19.1. The van der Waals surface area contributed by atoms with E-state index in [0.29, 0.717) is 24.9 Å². The minimum Gasteiger partial charge on any atom is -0.316 e. The van der Waals surface area contributed by atoms with E-state index < -0.39 is 0 Å². The Morgan fingerprint density at radius 1 is 1.31 bits per heavy atom. The van der Waals surface area contributed by atoms with E-state index in [1.165, 1.54) is 6.07 Å². The predicted octanol–water partition coefficient (Wildman–Crippen LogP) is 2.52. The lowest BCUT2D eigenvalue weighted by atomic mass is 9.98. The van der Waals surface area contributed by atoms with E-state index in [4.69, 9.17) is 4.98 Å². The van der Waals surface area contributed by atoms with Gasteiger partial charge in [-0.2, -0.15) is 0 Å². The maximum absolute atomic E-state index is 13.9. The van der Waals surface area contributed by atoms with E-state index in [-0.39, 0.29) is 17.6 Å². The Kier molecular flexibility index (Phi) is 4.68. The maximum Gasteiger partial charge on any atom is 0.232 e. The van der Waals surface area contributed by atoms with Crippen LogP contribution >= 0.6 is 0 Å². The molecule has 0 radical (unpaired) electrons. The van der Waals surface area contributed by atoms with Crippen LogP contribution in [0.2, 0.25) is 0 Å². The summed E-state index contributed by atoms with van der Waals surface area (Å²) in [5.41, 5.74) is 2.42. The van der Waals surface area contributed by atoms with Gasteiger partial charge in [-0.3, -0.25) is 9.69 Å². The highest BCUT2D eigenvalue weighted by Gasteiger charge is 2.32. The molecule has 1 amide bonds. The van der Waals surface area contributed by atoms with E-state index in [9.17, 15) is 9.18 Å². The lowest BCUT2D eigenvalue weighted by molar-refractivity contribution is -0.117. The number of amides is 1. The molecule has 0 saturated carbocycles. The monoisotopic (exact) mass is 354 g/mol. The summed E-state index contributed by atoms with van der Waals surface area (Å²) in [6, 6.07) is 6.71. The second kappa shape index (κ2) is 7.11. The van der Waals surface area contributed by atoms with Gasteiger partial charge in [-0.15, -0.1) is 0 Å². The topological polar surface area (TPSA) is 58.1 Å². The fraction of sp³-hybridized carbons (Fsp3) is 0.450. The normalized spacial score (nSPS) is 19.7. The summed E-state index contributed by atoms with van der Waals surface area (Å²) in [6.07, 6.45) is 2.98. The number of hydrogen-bond donors (Lipinski definition) is 1. The van der Waals surface area contributed by atoms with Crippen LogP contribution < -0.4 is 10.2 Å². The van der Waals surface area contributed by atoms with Gasteiger partial charge in [-0.05, 0) is 44.4 Å². The molecule has 4 rings (SSSR count). The number of nitrogens with zero attached hydrogens (tertiary/aromatic N) is 3. The van der Waals surface area contributed by atoms with Gasteiger partial charge in [0.15, 0.2) is 0 Å². The second-order valence-corrected chi connectivity index (χ2v) is 7.08. The maximum atomic E-state index is 13.9. The average molecular weight is 354 g/mol. The molecule has 3 heterocycles. The van der Waals surface area contributed by atoms with Crippen LogP contribution in [0.5, 0.6) is 0 Å². The van der Waals surface area contributed by atoms with E-state index in [1.807, 2.05) is 13.0 Å². The van der Waals surface area contributed by atoms with Crippen molar-refractivity contribution < 1.29 is 9.18 Å². The molecule has 1 atom stereocenters. The molecule has 136 valence electrons. The molecule has 2 aromatic rings. The third kappa shape index (κ3) is 3.21. The molecular formula is C20H23FN4O. The van der Waals surface area contributed by atoms with Crippen LogP contribution in [0.15, 0.2) is 24.3 Å². The first-order valence-corrected chi connectivity index (χ1v) is 9.25. The number of rotatable bonds is 4. The van der Waals surface area contributed by atoms with Crippen LogP contribution in [0.3, 0.4) is 0 Å². The lowest BCUT2D eigenvalue weighted by Crippen LogP contribution is -2.31. The van der Waals surface area contributed by atoms with Crippen LogP contribution in [0.25, 0.3) is 0 Å². The average Bonchev–Trinajstić information content (AvgIpc) is 2.98. The van der Waals surface area contributed by atoms with E-state index in [2.05, 4.69) is 10.3 Å². The lowest BCUT2D eigenvalue weighted by Gasteiger charge is -2.23. The van der Waals surface area contributed by atoms with Gasteiger partial charge in [0.1, 0.15) is 17.5 Å². The van der Waals surface area contributed by atoms with Gasteiger partial charge in [-0.1, -0.05) is 18.2 Å². The van der Waals surface area contributed by atoms with Crippen molar-refractivity contribution in [1.29, 1.82) is 0 Å². The van der Waals surface area contributed by atoms with Crippen LogP contribution in [-0.2, 0) is 17.6 Å². The third-order valence-corrected chi connectivity index (χ3v) is 5.32. The number of fused-ring (bicyclic) bond motifs is 1. The second-order valence-electron chi connectivity index (χ2n) is 7.08. The number of benzene rings is 1. The molecule has 2 aliphatic heterocycles. The molecule has 5 nitrogen and oxygen atoms in total. The van der Waals surface area contributed by atoms with Crippen LogP contribution in [-0.4, -0.2) is 35.5 Å². The van der Waals surface area contributed by atoms with Gasteiger partial charge < -0.3 is 5.32 Å². The number of halogens is 1. The van der Waals surface area contributed by atoms with Gasteiger partial charge >= 0.3 is 0 Å². The van der Waals surface area contributed by atoms with Crippen LogP contribution in [0.4, 0.5) is 10.2 Å². The van der Waals surface area contributed by atoms with Gasteiger partial charge in [0.05, 0.1) is 6.42 Å². The number of hydrogen-bond acceptors (Lipinski definition) is 4. The molecule has 1 aromatic heterocycles. The summed E-state index contributed by atoms with van der Waals surface area (Å²) in [5, 5.41) is 3.39. The molecule has 0 spiro atoms. The number of carbonyl (C=O) groups is 1. The molecule has 1 saturated heterocycles. The van der Waals surface area contributed by atoms with Gasteiger partial charge in [0.2, 0.25) is 5.91 Å². The molecule has 0 aliphatic carbocycles. The van der Waals surface area contributed by atoms with Crippen molar-refractivity contribution in [3.05, 3.63) is 52.7 Å². The first-order chi connectivity index (χ1) is 12.6. The minimum atomic E-state index is -0.229. The van der Waals surface area contributed by atoms with Gasteiger partial charge in [0.25, 0.3) is 0 Å². The zero-order chi connectivity index (χ0) is 18.1. The van der Waals surface area contributed by atoms with E-state index >= 15 is 0 Å². The predicted molar refractivity (Wildman–Crippen MR) is 97.8 cm³/mol. The molecule has 0 bridgehead atoms. The molecule has 1 aromatic carbocycles. The first-order valence-electron chi connectivity index (χ1n) is 9.25. The van der Waals surface area contributed by atoms with Crippen molar-refractivity contribution in [1.82, 2.24) is 15.3 Å². The molecule has 2 aliphatic rings. The molecular weight excluding hydrogens is 331 g/mol. The Bertz CT molecular complexity index is 833. The van der Waals surface area contributed by atoms with Crippen molar-refractivity contribution in [3.63, 3.8) is 0 Å². The molecule has 1 N–H and O–H groups in total. The smallest absolute Gasteiger partial charge is 0.232 e. The number of carbonyl (C=O) groups excluding carboxylic acids is 1.